The van der Waals surface area contributed by atoms with Crippen LogP contribution in [-0.4, -0.2) is 48.2 Å². The van der Waals surface area contributed by atoms with Crippen molar-refractivity contribution in [2.75, 3.05) is 19.7 Å². The Morgan fingerprint density at radius 1 is 1.25 bits per heavy atom. The molecule has 0 radical (unpaired) electrons. The van der Waals surface area contributed by atoms with E-state index in [-0.39, 0.29) is 18.4 Å². The summed E-state index contributed by atoms with van der Waals surface area (Å²) in [5, 5.41) is 9.02. The molecule has 1 atom stereocenters. The van der Waals surface area contributed by atoms with Crippen molar-refractivity contribution in [2.45, 2.75) is 64.4 Å². The molecule has 2 aliphatic rings. The monoisotopic (exact) mass is 285 g/mol. The molecule has 0 bridgehead atoms. The molecule has 1 saturated carbocycles. The summed E-state index contributed by atoms with van der Waals surface area (Å²) in [7, 11) is 0. The number of likely N-dealkylation sites (tertiary alicyclic amines) is 1. The first-order valence-corrected chi connectivity index (χ1v) is 7.94. The maximum Gasteiger partial charge on any atom is 0.306 e. The van der Waals surface area contributed by atoms with Gasteiger partial charge in [0.25, 0.3) is 0 Å². The molecule has 0 aromatic carbocycles. The smallest absolute Gasteiger partial charge is 0.306 e. The van der Waals surface area contributed by atoms with Crippen molar-refractivity contribution in [3.63, 3.8) is 0 Å². The second kappa shape index (κ2) is 7.96. The van der Waals surface area contributed by atoms with E-state index in [4.69, 9.17) is 14.6 Å². The van der Waals surface area contributed by atoms with E-state index in [0.29, 0.717) is 6.61 Å². The molecule has 1 saturated heterocycles. The first-order valence-electron chi connectivity index (χ1n) is 7.94. The molecule has 0 spiro atoms. The van der Waals surface area contributed by atoms with E-state index in [1.54, 1.807) is 0 Å². The lowest BCUT2D eigenvalue weighted by Gasteiger charge is -2.33. The Hall–Kier alpha value is -0.650. The minimum atomic E-state index is -0.665. The highest BCUT2D eigenvalue weighted by molar-refractivity contribution is 5.70. The van der Waals surface area contributed by atoms with Gasteiger partial charge in [-0.1, -0.05) is 6.92 Å². The van der Waals surface area contributed by atoms with Gasteiger partial charge >= 0.3 is 5.97 Å². The summed E-state index contributed by atoms with van der Waals surface area (Å²) < 4.78 is 12.0. The second-order valence-electron chi connectivity index (χ2n) is 5.87. The molecular formula is C15H27NO4. The van der Waals surface area contributed by atoms with Gasteiger partial charge in [0, 0.05) is 13.1 Å². The van der Waals surface area contributed by atoms with Crippen LogP contribution in [0.4, 0.5) is 0 Å². The van der Waals surface area contributed by atoms with Gasteiger partial charge in [0.1, 0.15) is 0 Å². The van der Waals surface area contributed by atoms with Crippen molar-refractivity contribution in [1.82, 2.24) is 4.90 Å². The van der Waals surface area contributed by atoms with Gasteiger partial charge in [-0.3, -0.25) is 9.69 Å². The van der Waals surface area contributed by atoms with Crippen molar-refractivity contribution < 1.29 is 19.4 Å². The Morgan fingerprint density at radius 3 is 2.45 bits per heavy atom. The standard InChI is InChI=1S/C15H27NO4/c1-2-11-19-15(16-9-3-4-10-16)20-13-7-5-12(6-8-13)14(17)18/h12-13,15H,2-11H2,1H3,(H,17,18). The van der Waals surface area contributed by atoms with Crippen molar-refractivity contribution in [2.24, 2.45) is 5.92 Å². The molecule has 116 valence electrons. The van der Waals surface area contributed by atoms with Crippen molar-refractivity contribution >= 4 is 5.97 Å². The van der Waals surface area contributed by atoms with Crippen molar-refractivity contribution in [3.05, 3.63) is 0 Å². The predicted octanol–water partition coefficient (Wildman–Crippen LogP) is 2.45. The lowest BCUT2D eigenvalue weighted by atomic mass is 9.87. The van der Waals surface area contributed by atoms with Gasteiger partial charge in [0.05, 0.1) is 18.6 Å². The lowest BCUT2D eigenvalue weighted by Crippen LogP contribution is -2.41. The summed E-state index contributed by atoms with van der Waals surface area (Å²) in [5.41, 5.74) is 0. The van der Waals surface area contributed by atoms with Crippen LogP contribution in [0.15, 0.2) is 0 Å². The van der Waals surface area contributed by atoms with Gasteiger partial charge < -0.3 is 14.6 Å². The van der Waals surface area contributed by atoms with Crippen LogP contribution in [-0.2, 0) is 14.3 Å². The molecule has 5 nitrogen and oxygen atoms in total. The molecule has 1 aliphatic heterocycles. The first-order chi connectivity index (χ1) is 9.70. The fourth-order valence-corrected chi connectivity index (χ4v) is 3.01. The van der Waals surface area contributed by atoms with Crippen LogP contribution < -0.4 is 0 Å². The molecule has 1 unspecified atom stereocenters. The van der Waals surface area contributed by atoms with E-state index in [1.807, 2.05) is 0 Å². The molecule has 0 aromatic rings. The minimum Gasteiger partial charge on any atom is -0.481 e. The zero-order valence-corrected chi connectivity index (χ0v) is 12.4. The van der Waals surface area contributed by atoms with Crippen LogP contribution in [0, 0.1) is 5.92 Å². The average Bonchev–Trinajstić information content (AvgIpc) is 2.98. The third-order valence-electron chi connectivity index (χ3n) is 4.24. The zero-order valence-electron chi connectivity index (χ0n) is 12.4. The number of hydrogen-bond donors (Lipinski definition) is 1. The van der Waals surface area contributed by atoms with Crippen molar-refractivity contribution in [1.29, 1.82) is 0 Å². The van der Waals surface area contributed by atoms with Crippen LogP contribution in [0.1, 0.15) is 51.9 Å². The lowest BCUT2D eigenvalue weighted by molar-refractivity contribution is -0.245. The number of aliphatic carboxylic acids is 1. The minimum absolute atomic E-state index is 0.146. The number of rotatable bonds is 7. The maximum absolute atomic E-state index is 11.0. The predicted molar refractivity (Wildman–Crippen MR) is 75.3 cm³/mol. The average molecular weight is 285 g/mol. The Balaban J connectivity index is 1.80. The zero-order chi connectivity index (χ0) is 14.4. The number of carboxylic acids is 1. The molecule has 1 aliphatic carbocycles. The maximum atomic E-state index is 11.0. The molecule has 20 heavy (non-hydrogen) atoms. The van der Waals surface area contributed by atoms with E-state index in [1.165, 1.54) is 12.8 Å². The summed E-state index contributed by atoms with van der Waals surface area (Å²) in [4.78, 5) is 13.2. The Labute approximate surface area is 121 Å². The van der Waals surface area contributed by atoms with Crippen LogP contribution in [0.3, 0.4) is 0 Å². The molecule has 0 amide bonds. The van der Waals surface area contributed by atoms with E-state index < -0.39 is 5.97 Å². The largest absolute Gasteiger partial charge is 0.481 e. The van der Waals surface area contributed by atoms with E-state index >= 15 is 0 Å². The van der Waals surface area contributed by atoms with Crippen LogP contribution in [0.25, 0.3) is 0 Å². The van der Waals surface area contributed by atoms with Crippen molar-refractivity contribution in [3.8, 4) is 0 Å². The topological polar surface area (TPSA) is 59.0 Å². The second-order valence-corrected chi connectivity index (χ2v) is 5.87. The van der Waals surface area contributed by atoms with Gasteiger partial charge in [-0.25, -0.2) is 0 Å². The Kier molecular flexibility index (Phi) is 6.26. The van der Waals surface area contributed by atoms with Crippen LogP contribution in [0.5, 0.6) is 0 Å². The highest BCUT2D eigenvalue weighted by atomic mass is 16.7. The van der Waals surface area contributed by atoms with E-state index in [0.717, 1.165) is 45.2 Å². The number of nitrogens with zero attached hydrogens (tertiary/aromatic N) is 1. The van der Waals surface area contributed by atoms with Gasteiger partial charge in [-0.05, 0) is 44.9 Å². The van der Waals surface area contributed by atoms with Gasteiger partial charge in [0.2, 0.25) is 6.41 Å². The first kappa shape index (κ1) is 15.7. The number of carboxylic acid groups (broad SMARTS) is 1. The molecule has 1 heterocycles. The third kappa shape index (κ3) is 4.43. The summed E-state index contributed by atoms with van der Waals surface area (Å²) in [6, 6.07) is 0. The SMILES string of the molecule is CCCOC(OC1CCC(C(=O)O)CC1)N1CCCC1. The van der Waals surface area contributed by atoms with Crippen LogP contribution >= 0.6 is 0 Å². The highest BCUT2D eigenvalue weighted by Crippen LogP contribution is 2.28. The highest BCUT2D eigenvalue weighted by Gasteiger charge is 2.30. The molecule has 2 fully saturated rings. The van der Waals surface area contributed by atoms with Gasteiger partial charge in [-0.15, -0.1) is 0 Å². The summed E-state index contributed by atoms with van der Waals surface area (Å²) >= 11 is 0. The van der Waals surface area contributed by atoms with Gasteiger partial charge in [0.15, 0.2) is 0 Å². The molecular weight excluding hydrogens is 258 g/mol. The van der Waals surface area contributed by atoms with E-state index in [9.17, 15) is 4.79 Å². The summed E-state index contributed by atoms with van der Waals surface area (Å²) in [6.07, 6.45) is 6.42. The molecule has 0 aromatic heterocycles. The molecule has 2 rings (SSSR count). The normalized spacial score (nSPS) is 29.4. The van der Waals surface area contributed by atoms with Crippen LogP contribution in [0.2, 0.25) is 0 Å². The quantitative estimate of drug-likeness (QED) is 0.728. The number of hydrogen-bond acceptors (Lipinski definition) is 4. The van der Waals surface area contributed by atoms with Gasteiger partial charge in [-0.2, -0.15) is 0 Å². The third-order valence-corrected chi connectivity index (χ3v) is 4.24. The Bertz CT molecular complexity index is 296. The fraction of sp³-hybridized carbons (Fsp3) is 0.933. The van der Waals surface area contributed by atoms with E-state index in [2.05, 4.69) is 11.8 Å². The molecule has 1 N–H and O–H groups in total. The Morgan fingerprint density at radius 2 is 1.90 bits per heavy atom. The summed E-state index contributed by atoms with van der Waals surface area (Å²) in [5.74, 6) is -0.849. The number of carbonyl (C=O) groups is 1. The molecule has 5 heteroatoms. The fourth-order valence-electron chi connectivity index (χ4n) is 3.01. The number of ether oxygens (including phenoxy) is 2. The summed E-state index contributed by atoms with van der Waals surface area (Å²) in [6.45, 7) is 4.89.